The molecular formula is C18H24FN3O2. The summed E-state index contributed by atoms with van der Waals surface area (Å²) in [7, 11) is 0. The number of nitrogens with zero attached hydrogens (tertiary/aromatic N) is 3. The first-order valence-electron chi connectivity index (χ1n) is 8.36. The molecule has 1 aromatic heterocycles. The average Bonchev–Trinajstić information content (AvgIpc) is 2.89. The molecule has 0 aliphatic carbocycles. The van der Waals surface area contributed by atoms with E-state index in [1.54, 1.807) is 12.1 Å². The number of hydrogen-bond acceptors (Lipinski definition) is 5. The highest BCUT2D eigenvalue weighted by molar-refractivity contribution is 5.21. The first-order chi connectivity index (χ1) is 11.6. The summed E-state index contributed by atoms with van der Waals surface area (Å²) >= 11 is 0. The number of hydrogen-bond donors (Lipinski definition) is 0. The molecule has 24 heavy (non-hydrogen) atoms. The maximum absolute atomic E-state index is 12.8. The van der Waals surface area contributed by atoms with Crippen LogP contribution < -0.4 is 4.74 Å². The first-order valence-corrected chi connectivity index (χ1v) is 8.36. The van der Waals surface area contributed by atoms with Gasteiger partial charge in [-0.15, -0.1) is 0 Å². The van der Waals surface area contributed by atoms with Crippen molar-refractivity contribution in [2.45, 2.75) is 20.4 Å². The van der Waals surface area contributed by atoms with Gasteiger partial charge in [0.05, 0.1) is 12.2 Å². The van der Waals surface area contributed by atoms with E-state index >= 15 is 0 Å². The molecule has 3 rings (SSSR count). The third kappa shape index (κ3) is 4.55. The lowest BCUT2D eigenvalue weighted by molar-refractivity contribution is 0.106. The van der Waals surface area contributed by atoms with E-state index in [4.69, 9.17) is 9.15 Å². The van der Waals surface area contributed by atoms with Crippen molar-refractivity contribution >= 4 is 0 Å². The van der Waals surface area contributed by atoms with Crippen LogP contribution in [-0.2, 0) is 6.54 Å². The summed E-state index contributed by atoms with van der Waals surface area (Å²) in [5, 5.41) is 0. The fraction of sp³-hybridized carbons (Fsp3) is 0.500. The van der Waals surface area contributed by atoms with Crippen LogP contribution in [0.1, 0.15) is 17.3 Å². The van der Waals surface area contributed by atoms with Crippen LogP contribution in [-0.4, -0.2) is 54.1 Å². The molecule has 0 bridgehead atoms. The van der Waals surface area contributed by atoms with Crippen LogP contribution in [0.2, 0.25) is 0 Å². The van der Waals surface area contributed by atoms with Gasteiger partial charge in [-0.05, 0) is 38.1 Å². The first kappa shape index (κ1) is 16.9. The maximum atomic E-state index is 12.8. The molecule has 2 aromatic rings. The molecule has 0 atom stereocenters. The summed E-state index contributed by atoms with van der Waals surface area (Å²) < 4.78 is 24.1. The Labute approximate surface area is 142 Å². The largest absolute Gasteiger partial charge is 0.492 e. The van der Waals surface area contributed by atoms with Gasteiger partial charge in [0.15, 0.2) is 0 Å². The van der Waals surface area contributed by atoms with Crippen molar-refractivity contribution in [2.75, 3.05) is 39.3 Å². The molecule has 1 aliphatic rings. The number of oxazole rings is 1. The molecule has 0 spiro atoms. The van der Waals surface area contributed by atoms with Gasteiger partial charge in [-0.25, -0.2) is 9.37 Å². The van der Waals surface area contributed by atoms with Crippen LogP contribution in [0.3, 0.4) is 0 Å². The van der Waals surface area contributed by atoms with Gasteiger partial charge < -0.3 is 9.15 Å². The standard InChI is InChI=1S/C18H24FN3O2/c1-14-15(2)24-18(20-14)13-22-9-7-21(8-10-22)11-12-23-17-5-3-16(19)4-6-17/h3-6H,7-13H2,1-2H3. The van der Waals surface area contributed by atoms with Crippen molar-refractivity contribution in [1.29, 1.82) is 0 Å². The summed E-state index contributed by atoms with van der Waals surface area (Å²) in [5.41, 5.74) is 0.974. The van der Waals surface area contributed by atoms with E-state index in [0.717, 1.165) is 56.6 Å². The quantitative estimate of drug-likeness (QED) is 0.813. The predicted octanol–water partition coefficient (Wildman–Crippen LogP) is 2.63. The second-order valence-corrected chi connectivity index (χ2v) is 6.17. The van der Waals surface area contributed by atoms with Crippen LogP contribution in [0.25, 0.3) is 0 Å². The Morgan fingerprint density at radius 3 is 2.38 bits per heavy atom. The minimum atomic E-state index is -0.241. The highest BCUT2D eigenvalue weighted by atomic mass is 19.1. The Hall–Kier alpha value is -1.92. The monoisotopic (exact) mass is 333 g/mol. The van der Waals surface area contributed by atoms with Crippen LogP contribution in [0, 0.1) is 19.7 Å². The number of aromatic nitrogens is 1. The lowest BCUT2D eigenvalue weighted by Gasteiger charge is -2.33. The Balaban J connectivity index is 1.36. The van der Waals surface area contributed by atoms with E-state index < -0.39 is 0 Å². The van der Waals surface area contributed by atoms with E-state index in [1.165, 1.54) is 12.1 Å². The second kappa shape index (κ2) is 7.77. The van der Waals surface area contributed by atoms with Gasteiger partial charge in [0.1, 0.15) is 23.9 Å². The minimum absolute atomic E-state index is 0.241. The van der Waals surface area contributed by atoms with Crippen molar-refractivity contribution < 1.29 is 13.5 Å². The maximum Gasteiger partial charge on any atom is 0.208 e. The Bertz CT molecular complexity index is 629. The normalized spacial score (nSPS) is 16.5. The van der Waals surface area contributed by atoms with Crippen molar-refractivity contribution in [3.8, 4) is 5.75 Å². The molecule has 1 fully saturated rings. The lowest BCUT2D eigenvalue weighted by atomic mass is 10.3. The van der Waals surface area contributed by atoms with Gasteiger partial charge in [0, 0.05) is 32.7 Å². The summed E-state index contributed by atoms with van der Waals surface area (Å²) in [4.78, 5) is 9.19. The number of aryl methyl sites for hydroxylation is 2. The molecule has 5 nitrogen and oxygen atoms in total. The van der Waals surface area contributed by atoms with E-state index in [9.17, 15) is 4.39 Å². The van der Waals surface area contributed by atoms with E-state index in [1.807, 2.05) is 13.8 Å². The topological polar surface area (TPSA) is 41.7 Å². The van der Waals surface area contributed by atoms with Gasteiger partial charge >= 0.3 is 0 Å². The molecule has 2 heterocycles. The smallest absolute Gasteiger partial charge is 0.208 e. The van der Waals surface area contributed by atoms with Gasteiger partial charge in [0.2, 0.25) is 5.89 Å². The van der Waals surface area contributed by atoms with Crippen LogP contribution in [0.5, 0.6) is 5.75 Å². The minimum Gasteiger partial charge on any atom is -0.492 e. The third-order valence-corrected chi connectivity index (χ3v) is 4.39. The van der Waals surface area contributed by atoms with Gasteiger partial charge in [-0.2, -0.15) is 0 Å². The van der Waals surface area contributed by atoms with E-state index in [2.05, 4.69) is 14.8 Å². The Morgan fingerprint density at radius 2 is 1.75 bits per heavy atom. The average molecular weight is 333 g/mol. The zero-order valence-electron chi connectivity index (χ0n) is 14.3. The van der Waals surface area contributed by atoms with Crippen LogP contribution >= 0.6 is 0 Å². The summed E-state index contributed by atoms with van der Waals surface area (Å²) in [6, 6.07) is 6.15. The summed E-state index contributed by atoms with van der Waals surface area (Å²) in [5.74, 6) is 2.18. The molecular weight excluding hydrogens is 309 g/mol. The van der Waals surface area contributed by atoms with Gasteiger partial charge in [-0.1, -0.05) is 0 Å². The van der Waals surface area contributed by atoms with Crippen LogP contribution in [0.4, 0.5) is 4.39 Å². The molecule has 0 saturated carbocycles. The molecule has 1 aliphatic heterocycles. The fourth-order valence-corrected chi connectivity index (χ4v) is 2.79. The summed E-state index contributed by atoms with van der Waals surface area (Å²) in [6.07, 6.45) is 0. The van der Waals surface area contributed by atoms with Gasteiger partial charge in [-0.3, -0.25) is 9.80 Å². The van der Waals surface area contributed by atoms with Crippen molar-refractivity contribution in [2.24, 2.45) is 0 Å². The second-order valence-electron chi connectivity index (χ2n) is 6.17. The molecule has 130 valence electrons. The molecule has 0 N–H and O–H groups in total. The predicted molar refractivity (Wildman–Crippen MR) is 89.6 cm³/mol. The number of piperazine rings is 1. The zero-order valence-corrected chi connectivity index (χ0v) is 14.3. The van der Waals surface area contributed by atoms with Crippen LogP contribution in [0.15, 0.2) is 28.7 Å². The highest BCUT2D eigenvalue weighted by Crippen LogP contribution is 2.13. The summed E-state index contributed by atoms with van der Waals surface area (Å²) in [6.45, 7) is 10.2. The molecule has 0 radical (unpaired) electrons. The van der Waals surface area contributed by atoms with Crippen molar-refractivity contribution in [3.63, 3.8) is 0 Å². The van der Waals surface area contributed by atoms with Crippen molar-refractivity contribution in [3.05, 3.63) is 47.4 Å². The Kier molecular flexibility index (Phi) is 5.48. The van der Waals surface area contributed by atoms with E-state index in [-0.39, 0.29) is 5.82 Å². The highest BCUT2D eigenvalue weighted by Gasteiger charge is 2.18. The third-order valence-electron chi connectivity index (χ3n) is 4.39. The molecule has 1 aromatic carbocycles. The number of ether oxygens (including phenoxy) is 1. The van der Waals surface area contributed by atoms with Gasteiger partial charge in [0.25, 0.3) is 0 Å². The lowest BCUT2D eigenvalue weighted by Crippen LogP contribution is -2.47. The van der Waals surface area contributed by atoms with Crippen molar-refractivity contribution in [1.82, 2.24) is 14.8 Å². The number of rotatable bonds is 6. The number of benzene rings is 1. The molecule has 0 unspecified atom stereocenters. The Morgan fingerprint density at radius 1 is 1.08 bits per heavy atom. The SMILES string of the molecule is Cc1nc(CN2CCN(CCOc3ccc(F)cc3)CC2)oc1C. The number of halogens is 1. The molecule has 6 heteroatoms. The molecule has 1 saturated heterocycles. The molecule has 0 amide bonds. The van der Waals surface area contributed by atoms with E-state index in [0.29, 0.717) is 12.4 Å². The zero-order chi connectivity index (χ0) is 16.9. The fourth-order valence-electron chi connectivity index (χ4n) is 2.79.